The molecule has 0 aliphatic heterocycles. The lowest BCUT2D eigenvalue weighted by Crippen LogP contribution is -2.48. The molecule has 1 rings (SSSR count). The summed E-state index contributed by atoms with van der Waals surface area (Å²) in [5.41, 5.74) is 4.88. The molecule has 3 N–H and O–H groups in total. The minimum atomic E-state index is -0.500. The number of nitrogen functional groups attached to an aromatic ring is 1. The molecule has 0 bridgehead atoms. The van der Waals surface area contributed by atoms with Crippen molar-refractivity contribution in [2.45, 2.75) is 59.5 Å². The van der Waals surface area contributed by atoms with Crippen LogP contribution in [0.1, 0.15) is 46.2 Å². The minimum absolute atomic E-state index is 0.116. The summed E-state index contributed by atoms with van der Waals surface area (Å²) in [4.78, 5) is 38.7. The van der Waals surface area contributed by atoms with Crippen molar-refractivity contribution in [2.75, 3.05) is 5.73 Å². The average Bonchev–Trinajstić information content (AvgIpc) is 2.37. The van der Waals surface area contributed by atoms with E-state index in [1.807, 2.05) is 27.7 Å². The molecule has 1 aromatic heterocycles. The van der Waals surface area contributed by atoms with Gasteiger partial charge in [-0.15, -0.1) is 0 Å². The summed E-state index contributed by atoms with van der Waals surface area (Å²) >= 11 is 0. The molecule has 0 atom stereocenters. The smallest absolute Gasteiger partial charge is 0.293 e. The van der Waals surface area contributed by atoms with Crippen LogP contribution in [0.5, 0.6) is 0 Å². The first-order chi connectivity index (χ1) is 10.5. The van der Waals surface area contributed by atoms with Gasteiger partial charge in [0.2, 0.25) is 5.91 Å². The minimum Gasteiger partial charge on any atom is -0.379 e. The third-order valence-corrected chi connectivity index (χ3v) is 3.62. The number of nitrogens with one attached hydrogen (secondary N) is 1. The third kappa shape index (κ3) is 5.50. The van der Waals surface area contributed by atoms with Crippen molar-refractivity contribution >= 4 is 18.0 Å². The Labute approximate surface area is 136 Å². The van der Waals surface area contributed by atoms with Crippen molar-refractivity contribution in [2.24, 2.45) is 5.41 Å². The second kappa shape index (κ2) is 6.93. The summed E-state index contributed by atoms with van der Waals surface area (Å²) in [6.45, 7) is 9.33. The lowest BCUT2D eigenvalue weighted by molar-refractivity contribution is -0.123. The van der Waals surface area contributed by atoms with Crippen molar-refractivity contribution < 1.29 is 9.59 Å². The quantitative estimate of drug-likeness (QED) is 0.729. The number of amides is 1. The number of aldehydes is 1. The number of aryl methyl sites for hydroxylation is 1. The Hall–Kier alpha value is -2.18. The maximum Gasteiger partial charge on any atom is 0.293 e. The zero-order valence-electron chi connectivity index (χ0n) is 14.5. The Morgan fingerprint density at radius 1 is 1.39 bits per heavy atom. The highest BCUT2D eigenvalue weighted by Crippen LogP contribution is 2.30. The van der Waals surface area contributed by atoms with E-state index in [-0.39, 0.29) is 23.7 Å². The molecule has 1 aromatic rings. The molecule has 0 aromatic carbocycles. The predicted molar refractivity (Wildman–Crippen MR) is 88.9 cm³/mol. The largest absolute Gasteiger partial charge is 0.379 e. The maximum atomic E-state index is 12.3. The zero-order chi connectivity index (χ0) is 17.8. The molecule has 0 spiro atoms. The molecular weight excluding hydrogens is 296 g/mol. The first kappa shape index (κ1) is 18.9. The van der Waals surface area contributed by atoms with E-state index < -0.39 is 11.1 Å². The second-order valence-electron chi connectivity index (χ2n) is 7.32. The lowest BCUT2D eigenvalue weighted by atomic mass is 9.78. The number of carbonyl (C=O) groups excluding carboxylic acids is 2. The number of nitrogens with two attached hydrogens (primary N) is 1. The van der Waals surface area contributed by atoms with Crippen LogP contribution in [0.25, 0.3) is 0 Å². The average molecular weight is 322 g/mol. The van der Waals surface area contributed by atoms with Gasteiger partial charge in [0.05, 0.1) is 0 Å². The molecule has 0 aliphatic rings. The fourth-order valence-corrected chi connectivity index (χ4v) is 2.88. The highest BCUT2D eigenvalue weighted by Gasteiger charge is 2.30. The molecule has 23 heavy (non-hydrogen) atoms. The number of rotatable bonds is 7. The number of hydrogen-bond acceptors (Lipinski definition) is 5. The van der Waals surface area contributed by atoms with Crippen LogP contribution in [0, 0.1) is 12.3 Å². The fraction of sp³-hybridized carbons (Fsp3) is 0.625. The Bertz CT molecular complexity index is 647. The maximum absolute atomic E-state index is 12.3. The molecule has 7 heteroatoms. The van der Waals surface area contributed by atoms with E-state index in [4.69, 9.17) is 5.73 Å². The van der Waals surface area contributed by atoms with Crippen LogP contribution in [0.3, 0.4) is 0 Å². The topological polar surface area (TPSA) is 107 Å². The predicted octanol–water partition coefficient (Wildman–Crippen LogP) is 1.03. The van der Waals surface area contributed by atoms with E-state index in [0.717, 1.165) is 6.29 Å². The summed E-state index contributed by atoms with van der Waals surface area (Å²) in [5, 5.41) is 2.92. The number of carbonyl (C=O) groups is 2. The molecule has 1 amide bonds. The summed E-state index contributed by atoms with van der Waals surface area (Å²) < 4.78 is 1.30. The van der Waals surface area contributed by atoms with E-state index in [0.29, 0.717) is 18.5 Å². The van der Waals surface area contributed by atoms with Gasteiger partial charge in [0.1, 0.15) is 12.8 Å². The van der Waals surface area contributed by atoms with Crippen LogP contribution in [0.4, 0.5) is 5.82 Å². The van der Waals surface area contributed by atoms with Crippen molar-refractivity contribution in [1.82, 2.24) is 14.9 Å². The van der Waals surface area contributed by atoms with Crippen molar-refractivity contribution in [1.29, 1.82) is 0 Å². The standard InChI is InChI=1S/C16H26N4O3/c1-11-8-18-13(17)14(23)20(11)9-12(22)19-16(4,5)10-15(2,3)6-7-21/h7-8H,6,9-10H2,1-5H3,(H2,17,18)(H,19,22). The molecule has 1 heterocycles. The monoisotopic (exact) mass is 322 g/mol. The van der Waals surface area contributed by atoms with Crippen molar-refractivity contribution in [3.63, 3.8) is 0 Å². The van der Waals surface area contributed by atoms with Gasteiger partial charge in [-0.3, -0.25) is 14.2 Å². The third-order valence-electron chi connectivity index (χ3n) is 3.62. The molecule has 7 nitrogen and oxygen atoms in total. The van der Waals surface area contributed by atoms with Gasteiger partial charge in [-0.1, -0.05) is 13.8 Å². The van der Waals surface area contributed by atoms with Crippen LogP contribution >= 0.6 is 0 Å². The van der Waals surface area contributed by atoms with Gasteiger partial charge in [-0.2, -0.15) is 0 Å². The second-order valence-corrected chi connectivity index (χ2v) is 7.32. The highest BCUT2D eigenvalue weighted by molar-refractivity contribution is 5.76. The molecule has 0 radical (unpaired) electrons. The van der Waals surface area contributed by atoms with Gasteiger partial charge in [0, 0.05) is 23.9 Å². The summed E-state index contributed by atoms with van der Waals surface area (Å²) in [6, 6.07) is 0. The van der Waals surface area contributed by atoms with Crippen LogP contribution < -0.4 is 16.6 Å². The molecule has 128 valence electrons. The molecule has 0 saturated carbocycles. The zero-order valence-corrected chi connectivity index (χ0v) is 14.5. The Balaban J connectivity index is 2.82. The summed E-state index contributed by atoms with van der Waals surface area (Å²) in [6.07, 6.45) is 3.41. The first-order valence-electron chi connectivity index (χ1n) is 7.54. The van der Waals surface area contributed by atoms with Crippen molar-refractivity contribution in [3.8, 4) is 0 Å². The van der Waals surface area contributed by atoms with E-state index in [1.54, 1.807) is 6.92 Å². The molecular formula is C16H26N4O3. The van der Waals surface area contributed by atoms with Gasteiger partial charge < -0.3 is 15.8 Å². The van der Waals surface area contributed by atoms with Gasteiger partial charge in [0.25, 0.3) is 5.56 Å². The number of anilines is 1. The van der Waals surface area contributed by atoms with Crippen LogP contribution in [-0.2, 0) is 16.1 Å². The number of nitrogens with zero attached hydrogens (tertiary/aromatic N) is 2. The van der Waals surface area contributed by atoms with Gasteiger partial charge in [-0.05, 0) is 32.6 Å². The van der Waals surface area contributed by atoms with E-state index in [1.165, 1.54) is 10.8 Å². The molecule has 0 aliphatic carbocycles. The summed E-state index contributed by atoms with van der Waals surface area (Å²) in [5.74, 6) is -0.414. The highest BCUT2D eigenvalue weighted by atomic mass is 16.2. The lowest BCUT2D eigenvalue weighted by Gasteiger charge is -2.34. The van der Waals surface area contributed by atoms with E-state index in [2.05, 4.69) is 10.3 Å². The normalized spacial score (nSPS) is 12.0. The van der Waals surface area contributed by atoms with Crippen LogP contribution in [-0.4, -0.2) is 27.3 Å². The summed E-state index contributed by atoms with van der Waals surface area (Å²) in [7, 11) is 0. The van der Waals surface area contributed by atoms with Gasteiger partial charge >= 0.3 is 0 Å². The molecule has 0 unspecified atom stereocenters. The molecule has 0 saturated heterocycles. The number of hydrogen-bond donors (Lipinski definition) is 2. The number of aromatic nitrogens is 2. The van der Waals surface area contributed by atoms with Gasteiger partial charge in [0.15, 0.2) is 5.82 Å². The van der Waals surface area contributed by atoms with Gasteiger partial charge in [-0.25, -0.2) is 4.98 Å². The van der Waals surface area contributed by atoms with E-state index >= 15 is 0 Å². The SMILES string of the molecule is Cc1cnc(N)c(=O)n1CC(=O)NC(C)(C)CC(C)(C)CC=O. The fourth-order valence-electron chi connectivity index (χ4n) is 2.88. The van der Waals surface area contributed by atoms with E-state index in [9.17, 15) is 14.4 Å². The van der Waals surface area contributed by atoms with Crippen molar-refractivity contribution in [3.05, 3.63) is 22.2 Å². The van der Waals surface area contributed by atoms with Crippen LogP contribution in [0.15, 0.2) is 11.0 Å². The van der Waals surface area contributed by atoms with Crippen LogP contribution in [0.2, 0.25) is 0 Å². The molecule has 0 fully saturated rings. The first-order valence-corrected chi connectivity index (χ1v) is 7.54. The Morgan fingerprint density at radius 3 is 2.57 bits per heavy atom. The Morgan fingerprint density at radius 2 is 2.00 bits per heavy atom. The Kier molecular flexibility index (Phi) is 5.69.